The van der Waals surface area contributed by atoms with E-state index in [9.17, 15) is 4.39 Å². The van der Waals surface area contributed by atoms with Crippen molar-refractivity contribution < 1.29 is 9.13 Å². The van der Waals surface area contributed by atoms with Crippen molar-refractivity contribution in [2.75, 3.05) is 6.61 Å². The number of ether oxygens (including phenoxy) is 1. The maximum atomic E-state index is 15.0. The Labute approximate surface area is 189 Å². The van der Waals surface area contributed by atoms with Crippen LogP contribution < -0.4 is 0 Å². The van der Waals surface area contributed by atoms with Gasteiger partial charge in [0, 0.05) is 17.3 Å². The number of H-pyrrole nitrogens is 1. The summed E-state index contributed by atoms with van der Waals surface area (Å²) >= 11 is 0. The maximum Gasteiger partial charge on any atom is 0.151 e. The highest BCUT2D eigenvalue weighted by atomic mass is 19.1. The van der Waals surface area contributed by atoms with E-state index in [-0.39, 0.29) is 5.82 Å². The summed E-state index contributed by atoms with van der Waals surface area (Å²) in [5.41, 5.74) is 6.68. The van der Waals surface area contributed by atoms with Gasteiger partial charge in [0.15, 0.2) is 5.82 Å². The van der Waals surface area contributed by atoms with Crippen molar-refractivity contribution >= 4 is 16.6 Å². The highest BCUT2D eigenvalue weighted by Crippen LogP contribution is 2.44. The fourth-order valence-electron chi connectivity index (χ4n) is 6.19. The Morgan fingerprint density at radius 3 is 2.75 bits per heavy atom. The summed E-state index contributed by atoms with van der Waals surface area (Å²) in [5, 5.41) is 0. The third-order valence-corrected chi connectivity index (χ3v) is 7.96. The molecule has 1 aliphatic heterocycles. The lowest BCUT2D eigenvalue weighted by atomic mass is 9.88. The summed E-state index contributed by atoms with van der Waals surface area (Å²) < 4.78 is 21.1. The molecule has 6 rings (SSSR count). The number of benzene rings is 1. The molecule has 1 saturated heterocycles. The van der Waals surface area contributed by atoms with E-state index in [1.54, 1.807) is 6.07 Å². The molecular weight excluding hydrogens is 399 g/mol. The van der Waals surface area contributed by atoms with Crippen LogP contribution in [0.15, 0.2) is 42.5 Å². The van der Waals surface area contributed by atoms with Gasteiger partial charge in [0.05, 0.1) is 23.7 Å². The molecule has 32 heavy (non-hydrogen) atoms. The van der Waals surface area contributed by atoms with Crippen LogP contribution in [0.5, 0.6) is 0 Å². The molecule has 2 aromatic heterocycles. The summed E-state index contributed by atoms with van der Waals surface area (Å²) in [6.45, 7) is 3.15. The number of allylic oxidation sites excluding steroid dienone is 2. The molecule has 166 valence electrons. The number of aromatic nitrogens is 2. The van der Waals surface area contributed by atoms with Gasteiger partial charge in [-0.25, -0.2) is 9.37 Å². The number of pyridine rings is 1. The van der Waals surface area contributed by atoms with Crippen LogP contribution in [-0.4, -0.2) is 22.7 Å². The first-order chi connectivity index (χ1) is 15.7. The standard InChI is InChI=1S/C28H31FN2O/c1-17-7-12-23-21(16-32-28(17)23)13-22-14-25-26(30-22)15-24(29)27(31-25)20-10-8-19(9-11-20)18-5-3-2-4-6-18/h5,8-11,14-15,17,21,23,28,30H,2-4,6-7,12-13,16H2,1H3. The monoisotopic (exact) mass is 430 g/mol. The average Bonchev–Trinajstić information content (AvgIpc) is 3.51. The molecule has 3 nitrogen and oxygen atoms in total. The van der Waals surface area contributed by atoms with Crippen LogP contribution >= 0.6 is 0 Å². The Morgan fingerprint density at radius 1 is 1.09 bits per heavy atom. The summed E-state index contributed by atoms with van der Waals surface area (Å²) in [5.74, 6) is 1.61. The molecule has 1 aromatic carbocycles. The molecule has 0 radical (unpaired) electrons. The van der Waals surface area contributed by atoms with Crippen LogP contribution in [0.3, 0.4) is 0 Å². The first-order valence-corrected chi connectivity index (χ1v) is 12.3. The molecule has 4 unspecified atom stereocenters. The Bertz CT molecular complexity index is 1160. The first-order valence-electron chi connectivity index (χ1n) is 12.3. The van der Waals surface area contributed by atoms with Gasteiger partial charge < -0.3 is 9.72 Å². The van der Waals surface area contributed by atoms with Gasteiger partial charge in [0.1, 0.15) is 5.69 Å². The number of halogens is 1. The second kappa shape index (κ2) is 8.15. The Balaban J connectivity index is 1.24. The number of nitrogens with zero attached hydrogens (tertiary/aromatic N) is 1. The van der Waals surface area contributed by atoms with Gasteiger partial charge in [-0.1, -0.05) is 37.3 Å². The molecule has 0 bridgehead atoms. The van der Waals surface area contributed by atoms with Gasteiger partial charge in [-0.15, -0.1) is 0 Å². The summed E-state index contributed by atoms with van der Waals surface area (Å²) in [7, 11) is 0. The molecule has 3 aromatic rings. The number of nitrogens with one attached hydrogen (secondary N) is 1. The van der Waals surface area contributed by atoms with Crippen molar-refractivity contribution in [1.82, 2.24) is 9.97 Å². The third-order valence-electron chi connectivity index (χ3n) is 7.96. The minimum atomic E-state index is -0.274. The van der Waals surface area contributed by atoms with Crippen LogP contribution in [-0.2, 0) is 11.2 Å². The lowest BCUT2D eigenvalue weighted by molar-refractivity contribution is 0.0705. The van der Waals surface area contributed by atoms with Gasteiger partial charge >= 0.3 is 0 Å². The van der Waals surface area contributed by atoms with E-state index in [1.807, 2.05) is 12.1 Å². The van der Waals surface area contributed by atoms with E-state index in [1.165, 1.54) is 36.8 Å². The van der Waals surface area contributed by atoms with E-state index in [0.717, 1.165) is 48.2 Å². The van der Waals surface area contributed by atoms with E-state index < -0.39 is 0 Å². The zero-order chi connectivity index (χ0) is 21.7. The van der Waals surface area contributed by atoms with Crippen molar-refractivity contribution in [1.29, 1.82) is 0 Å². The lowest BCUT2D eigenvalue weighted by Gasteiger charge is -2.16. The highest BCUT2D eigenvalue weighted by molar-refractivity contribution is 5.80. The predicted octanol–water partition coefficient (Wildman–Crippen LogP) is 6.93. The van der Waals surface area contributed by atoms with Crippen molar-refractivity contribution in [3.8, 4) is 11.3 Å². The van der Waals surface area contributed by atoms with Crippen LogP contribution in [0.1, 0.15) is 56.7 Å². The normalized spacial score (nSPS) is 27.6. The third kappa shape index (κ3) is 3.59. The second-order valence-electron chi connectivity index (χ2n) is 10.1. The zero-order valence-electron chi connectivity index (χ0n) is 18.7. The predicted molar refractivity (Wildman–Crippen MR) is 127 cm³/mol. The number of rotatable bonds is 4. The molecule has 1 N–H and O–H groups in total. The molecule has 4 atom stereocenters. The molecule has 4 heteroatoms. The Hall–Kier alpha value is -2.46. The number of aromatic amines is 1. The number of fused-ring (bicyclic) bond motifs is 2. The molecule has 3 heterocycles. The van der Waals surface area contributed by atoms with Gasteiger partial charge in [0.25, 0.3) is 0 Å². The second-order valence-corrected chi connectivity index (χ2v) is 10.1. The molecule has 1 saturated carbocycles. The van der Waals surface area contributed by atoms with E-state index in [2.05, 4.69) is 36.2 Å². The summed E-state index contributed by atoms with van der Waals surface area (Å²) in [6.07, 6.45) is 11.1. The first kappa shape index (κ1) is 20.2. The smallest absolute Gasteiger partial charge is 0.151 e. The maximum absolute atomic E-state index is 15.0. The van der Waals surface area contributed by atoms with Crippen molar-refractivity contribution in [2.45, 2.75) is 58.0 Å². The van der Waals surface area contributed by atoms with E-state index >= 15 is 0 Å². The molecule has 0 spiro atoms. The largest absolute Gasteiger partial charge is 0.377 e. The average molecular weight is 431 g/mol. The fraction of sp³-hybridized carbons (Fsp3) is 0.464. The topological polar surface area (TPSA) is 37.9 Å². The number of hydrogen-bond donors (Lipinski definition) is 1. The van der Waals surface area contributed by atoms with Crippen LogP contribution in [0, 0.1) is 23.6 Å². The van der Waals surface area contributed by atoms with E-state index in [0.29, 0.717) is 29.6 Å². The Morgan fingerprint density at radius 2 is 1.94 bits per heavy atom. The molecule has 2 aliphatic carbocycles. The molecule has 0 amide bonds. The fourth-order valence-corrected chi connectivity index (χ4v) is 6.19. The van der Waals surface area contributed by atoms with Gasteiger partial charge in [-0.05, 0) is 79.9 Å². The molecule has 3 aliphatic rings. The van der Waals surface area contributed by atoms with Crippen LogP contribution in [0.25, 0.3) is 27.9 Å². The SMILES string of the molecule is CC1CCC2C(Cc3cc4nc(-c5ccc(C6=CCCCC6)cc5)c(F)cc4[nH]3)COC12. The summed E-state index contributed by atoms with van der Waals surface area (Å²) in [4.78, 5) is 8.13. The van der Waals surface area contributed by atoms with Gasteiger partial charge in [-0.2, -0.15) is 0 Å². The van der Waals surface area contributed by atoms with Gasteiger partial charge in [0.2, 0.25) is 0 Å². The minimum absolute atomic E-state index is 0.274. The molecular formula is C28H31FN2O. The van der Waals surface area contributed by atoms with Crippen molar-refractivity contribution in [3.05, 3.63) is 59.5 Å². The van der Waals surface area contributed by atoms with E-state index in [4.69, 9.17) is 9.72 Å². The van der Waals surface area contributed by atoms with Gasteiger partial charge in [-0.3, -0.25) is 0 Å². The minimum Gasteiger partial charge on any atom is -0.377 e. The number of hydrogen-bond acceptors (Lipinski definition) is 2. The van der Waals surface area contributed by atoms with Crippen LogP contribution in [0.2, 0.25) is 0 Å². The Kier molecular flexibility index (Phi) is 5.14. The van der Waals surface area contributed by atoms with Crippen molar-refractivity contribution in [3.63, 3.8) is 0 Å². The highest BCUT2D eigenvalue weighted by Gasteiger charge is 2.44. The van der Waals surface area contributed by atoms with Crippen LogP contribution in [0.4, 0.5) is 4.39 Å². The molecule has 2 fully saturated rings. The lowest BCUT2D eigenvalue weighted by Crippen LogP contribution is -2.19. The zero-order valence-corrected chi connectivity index (χ0v) is 18.7. The van der Waals surface area contributed by atoms with Crippen molar-refractivity contribution in [2.24, 2.45) is 17.8 Å². The summed E-state index contributed by atoms with van der Waals surface area (Å²) in [6, 6.07) is 11.9. The quantitative estimate of drug-likeness (QED) is 0.487.